The van der Waals surface area contributed by atoms with Gasteiger partial charge in [0.1, 0.15) is 0 Å². The maximum absolute atomic E-state index is 11.5. The van der Waals surface area contributed by atoms with Gasteiger partial charge >= 0.3 is 0 Å². The number of ether oxygens (including phenoxy) is 2. The Hall–Kier alpha value is -3.56. The van der Waals surface area contributed by atoms with Crippen LogP contribution in [0.4, 0.5) is 0 Å². The third-order valence-corrected chi connectivity index (χ3v) is 8.05. The summed E-state index contributed by atoms with van der Waals surface area (Å²) in [5.74, 6) is 0.704. The van der Waals surface area contributed by atoms with Gasteiger partial charge in [0, 0.05) is 43.1 Å². The summed E-state index contributed by atoms with van der Waals surface area (Å²) in [5.41, 5.74) is 6.02. The van der Waals surface area contributed by atoms with Crippen molar-refractivity contribution in [3.8, 4) is 11.1 Å². The number of aliphatic hydroxyl groups is 1. The highest BCUT2D eigenvalue weighted by molar-refractivity contribution is 7.99. The largest absolute Gasteiger partial charge is 0.392 e. The molecule has 0 bridgehead atoms. The first kappa shape index (κ1) is 28.0. The number of hydrogen-bond acceptors (Lipinski definition) is 7. The van der Waals surface area contributed by atoms with Gasteiger partial charge in [-0.1, -0.05) is 91.5 Å². The lowest BCUT2D eigenvalue weighted by Crippen LogP contribution is -2.38. The number of aromatic nitrogens is 2. The van der Waals surface area contributed by atoms with E-state index in [1.54, 1.807) is 24.2 Å². The van der Waals surface area contributed by atoms with Crippen molar-refractivity contribution in [1.29, 1.82) is 0 Å². The lowest BCUT2D eigenvalue weighted by Gasteiger charge is -2.41. The average Bonchev–Trinajstić information content (AvgIpc) is 3.00. The Bertz CT molecular complexity index is 1400. The standard InChI is InChI=1S/C32H33N3O4S/c1-21-29(20-40-32-33-16-5-17-34-32)38-31(39-30(21)25-10-8-23(19-36)9-11-25)26-14-12-24(13-15-26)28-7-4-3-6-27(28)18-35-22(2)37/h3-17,21,29-31,36H,18-20H2,1-2H3,(H,35,37)/t21-,29+,30+,31+/m0/s1. The lowest BCUT2D eigenvalue weighted by atomic mass is 9.91. The van der Waals surface area contributed by atoms with E-state index in [0.717, 1.165) is 33.4 Å². The monoisotopic (exact) mass is 555 g/mol. The number of aliphatic hydroxyl groups excluding tert-OH is 1. The van der Waals surface area contributed by atoms with E-state index in [1.165, 1.54) is 6.92 Å². The molecule has 40 heavy (non-hydrogen) atoms. The molecule has 5 rings (SSSR count). The Morgan fingerprint density at radius 1 is 0.925 bits per heavy atom. The van der Waals surface area contributed by atoms with Gasteiger partial charge < -0.3 is 19.9 Å². The van der Waals surface area contributed by atoms with Crippen LogP contribution in [-0.2, 0) is 27.4 Å². The molecule has 7 nitrogen and oxygen atoms in total. The third-order valence-electron chi connectivity index (χ3n) is 7.08. The van der Waals surface area contributed by atoms with E-state index >= 15 is 0 Å². The van der Waals surface area contributed by atoms with Crippen molar-refractivity contribution in [2.45, 2.75) is 50.7 Å². The highest BCUT2D eigenvalue weighted by Crippen LogP contribution is 2.43. The van der Waals surface area contributed by atoms with Gasteiger partial charge in [-0.15, -0.1) is 0 Å². The number of thioether (sulfide) groups is 1. The quantitative estimate of drug-likeness (QED) is 0.197. The summed E-state index contributed by atoms with van der Waals surface area (Å²) >= 11 is 1.57. The van der Waals surface area contributed by atoms with E-state index in [9.17, 15) is 9.90 Å². The number of nitrogens with one attached hydrogen (secondary N) is 1. The molecule has 0 radical (unpaired) electrons. The normalized spacial score (nSPS) is 20.7. The summed E-state index contributed by atoms with van der Waals surface area (Å²) in [5, 5.41) is 13.1. The second-order valence-corrected chi connectivity index (χ2v) is 10.8. The molecule has 0 unspecified atom stereocenters. The van der Waals surface area contributed by atoms with Crippen LogP contribution in [-0.4, -0.2) is 32.8 Å². The zero-order valence-corrected chi connectivity index (χ0v) is 23.4. The van der Waals surface area contributed by atoms with Crippen LogP contribution in [0, 0.1) is 5.92 Å². The topological polar surface area (TPSA) is 93.6 Å². The van der Waals surface area contributed by atoms with Gasteiger partial charge in [-0.2, -0.15) is 0 Å². The fourth-order valence-electron chi connectivity index (χ4n) is 4.82. The molecule has 1 aliphatic heterocycles. The zero-order chi connectivity index (χ0) is 27.9. The van der Waals surface area contributed by atoms with Gasteiger partial charge in [-0.3, -0.25) is 4.79 Å². The molecule has 8 heteroatoms. The summed E-state index contributed by atoms with van der Waals surface area (Å²) in [7, 11) is 0. The molecule has 1 fully saturated rings. The van der Waals surface area contributed by atoms with Crippen LogP contribution in [0.3, 0.4) is 0 Å². The number of carbonyl (C=O) groups excluding carboxylic acids is 1. The molecule has 3 aromatic carbocycles. The van der Waals surface area contributed by atoms with Crippen LogP contribution in [0.2, 0.25) is 0 Å². The van der Waals surface area contributed by atoms with E-state index in [1.807, 2.05) is 60.7 Å². The fourth-order valence-corrected chi connectivity index (χ4v) is 5.79. The summed E-state index contributed by atoms with van der Waals surface area (Å²) in [6, 6.07) is 26.0. The van der Waals surface area contributed by atoms with Crippen LogP contribution in [0.15, 0.2) is 96.4 Å². The van der Waals surface area contributed by atoms with Gasteiger partial charge in [-0.05, 0) is 33.9 Å². The number of hydrogen-bond donors (Lipinski definition) is 2. The van der Waals surface area contributed by atoms with Gasteiger partial charge in [0.15, 0.2) is 11.4 Å². The lowest BCUT2D eigenvalue weighted by molar-refractivity contribution is -0.268. The molecule has 1 aromatic heterocycles. The third kappa shape index (κ3) is 6.77. The Kier molecular flexibility index (Phi) is 9.23. The predicted octanol–water partition coefficient (Wildman–Crippen LogP) is 5.86. The first-order valence-corrected chi connectivity index (χ1v) is 14.3. The van der Waals surface area contributed by atoms with Crippen molar-refractivity contribution < 1.29 is 19.4 Å². The van der Waals surface area contributed by atoms with Crippen LogP contribution >= 0.6 is 11.8 Å². The number of nitrogens with zero attached hydrogens (tertiary/aromatic N) is 2. The molecule has 0 saturated carbocycles. The van der Waals surface area contributed by atoms with Crippen LogP contribution in [0.1, 0.15) is 48.5 Å². The van der Waals surface area contributed by atoms with Crippen molar-refractivity contribution in [3.05, 3.63) is 114 Å². The van der Waals surface area contributed by atoms with Crippen LogP contribution in [0.25, 0.3) is 11.1 Å². The Balaban J connectivity index is 1.39. The number of benzene rings is 3. The molecule has 0 aliphatic carbocycles. The molecule has 1 saturated heterocycles. The Labute approximate surface area is 239 Å². The van der Waals surface area contributed by atoms with Crippen molar-refractivity contribution in [1.82, 2.24) is 15.3 Å². The molecular formula is C32H33N3O4S. The minimum Gasteiger partial charge on any atom is -0.392 e. The second-order valence-electron chi connectivity index (χ2n) is 9.85. The Morgan fingerprint density at radius 2 is 1.62 bits per heavy atom. The van der Waals surface area contributed by atoms with E-state index in [-0.39, 0.29) is 30.6 Å². The summed E-state index contributed by atoms with van der Waals surface area (Å²) in [6.45, 7) is 4.15. The van der Waals surface area contributed by atoms with Gasteiger partial charge in [0.2, 0.25) is 5.91 Å². The number of carbonyl (C=O) groups is 1. The fraction of sp³-hybridized carbons (Fsp3) is 0.281. The molecule has 0 spiro atoms. The molecule has 2 N–H and O–H groups in total. The van der Waals surface area contributed by atoms with Crippen molar-refractivity contribution >= 4 is 17.7 Å². The molecule has 1 amide bonds. The molecule has 1 aliphatic rings. The summed E-state index contributed by atoms with van der Waals surface area (Å²) < 4.78 is 13.1. The van der Waals surface area contributed by atoms with Gasteiger partial charge in [-0.25, -0.2) is 9.97 Å². The van der Waals surface area contributed by atoms with Crippen LogP contribution < -0.4 is 5.32 Å². The van der Waals surface area contributed by atoms with E-state index in [4.69, 9.17) is 9.47 Å². The summed E-state index contributed by atoms with van der Waals surface area (Å²) in [4.78, 5) is 20.2. The van der Waals surface area contributed by atoms with Crippen molar-refractivity contribution in [2.24, 2.45) is 5.92 Å². The zero-order valence-electron chi connectivity index (χ0n) is 22.6. The van der Waals surface area contributed by atoms with E-state index < -0.39 is 6.29 Å². The van der Waals surface area contributed by atoms with Gasteiger partial charge in [0.05, 0.1) is 18.8 Å². The minimum absolute atomic E-state index is 0.00370. The SMILES string of the molecule is CC(=O)NCc1ccccc1-c1ccc([C@@H]2O[C@H](CSc3ncccn3)[C@H](C)[C@H](c3ccc(CO)cc3)O2)cc1. The first-order valence-electron chi connectivity index (χ1n) is 13.3. The Morgan fingerprint density at radius 3 is 2.33 bits per heavy atom. The van der Waals surface area contributed by atoms with Crippen LogP contribution in [0.5, 0.6) is 0 Å². The maximum atomic E-state index is 11.5. The molecule has 4 atom stereocenters. The van der Waals surface area contributed by atoms with E-state index in [2.05, 4.69) is 40.4 Å². The molecule has 206 valence electrons. The summed E-state index contributed by atoms with van der Waals surface area (Å²) in [6.07, 6.45) is 2.64. The molecule has 2 heterocycles. The highest BCUT2D eigenvalue weighted by Gasteiger charge is 2.38. The number of rotatable bonds is 9. The number of amides is 1. The molecular weight excluding hydrogens is 522 g/mol. The van der Waals surface area contributed by atoms with E-state index in [0.29, 0.717) is 17.5 Å². The average molecular weight is 556 g/mol. The van der Waals surface area contributed by atoms with Crippen molar-refractivity contribution in [3.63, 3.8) is 0 Å². The maximum Gasteiger partial charge on any atom is 0.217 e. The smallest absolute Gasteiger partial charge is 0.217 e. The highest BCUT2D eigenvalue weighted by atomic mass is 32.2. The first-order chi connectivity index (χ1) is 19.5. The minimum atomic E-state index is -0.551. The predicted molar refractivity (Wildman–Crippen MR) is 155 cm³/mol. The second kappa shape index (κ2) is 13.2. The van der Waals surface area contributed by atoms with Crippen molar-refractivity contribution in [2.75, 3.05) is 5.75 Å². The molecule has 4 aromatic rings. The van der Waals surface area contributed by atoms with Gasteiger partial charge in [0.25, 0.3) is 0 Å².